The monoisotopic (exact) mass is 578 g/mol. The molecule has 8 nitrogen and oxygen atoms in total. The lowest BCUT2D eigenvalue weighted by Crippen LogP contribution is -2.45. The number of piperidine rings is 1. The topological polar surface area (TPSA) is 82.2 Å². The Morgan fingerprint density at radius 1 is 1.13 bits per heavy atom. The van der Waals surface area contributed by atoms with Crippen molar-refractivity contribution >= 4 is 33.2 Å². The first kappa shape index (κ1) is 31.2. The Morgan fingerprint density at radius 2 is 1.74 bits per heavy atom. The van der Waals surface area contributed by atoms with E-state index in [-0.39, 0.29) is 29.8 Å². The second-order valence-electron chi connectivity index (χ2n) is 10.8. The Balaban J connectivity index is 1.50. The van der Waals surface area contributed by atoms with E-state index in [4.69, 9.17) is 16.3 Å². The van der Waals surface area contributed by atoms with Crippen molar-refractivity contribution in [2.75, 3.05) is 45.7 Å². The van der Waals surface area contributed by atoms with E-state index in [9.17, 15) is 13.2 Å². The van der Waals surface area contributed by atoms with E-state index in [1.54, 1.807) is 33.1 Å². The molecule has 10 heteroatoms. The van der Waals surface area contributed by atoms with Gasteiger partial charge in [-0.15, -0.1) is 0 Å². The summed E-state index contributed by atoms with van der Waals surface area (Å²) in [6.45, 7) is 10.4. The lowest BCUT2D eigenvalue weighted by molar-refractivity contribution is -0.122. The van der Waals surface area contributed by atoms with Crippen molar-refractivity contribution < 1.29 is 17.9 Å². The van der Waals surface area contributed by atoms with Crippen molar-refractivity contribution in [1.82, 2.24) is 14.5 Å². The van der Waals surface area contributed by atoms with Crippen LogP contribution in [0.15, 0.2) is 35.2 Å². The molecule has 2 aromatic rings. The lowest BCUT2D eigenvalue weighted by Gasteiger charge is -2.34. The van der Waals surface area contributed by atoms with Gasteiger partial charge < -0.3 is 15.0 Å². The van der Waals surface area contributed by atoms with Crippen molar-refractivity contribution in [3.63, 3.8) is 0 Å². The van der Waals surface area contributed by atoms with Crippen molar-refractivity contribution in [3.05, 3.63) is 52.0 Å². The van der Waals surface area contributed by atoms with Gasteiger partial charge in [-0.25, -0.2) is 12.7 Å². The van der Waals surface area contributed by atoms with Crippen LogP contribution in [0.2, 0.25) is 5.02 Å². The van der Waals surface area contributed by atoms with Crippen LogP contribution in [0.3, 0.4) is 0 Å². The fourth-order valence-electron chi connectivity index (χ4n) is 4.91. The van der Waals surface area contributed by atoms with Crippen LogP contribution in [0.5, 0.6) is 5.75 Å². The average Bonchev–Trinajstić information content (AvgIpc) is 2.87. The average molecular weight is 579 g/mol. The minimum Gasteiger partial charge on any atom is -0.497 e. The summed E-state index contributed by atoms with van der Waals surface area (Å²) in [6.07, 6.45) is 1.71. The molecule has 0 radical (unpaired) electrons. The van der Waals surface area contributed by atoms with E-state index in [0.29, 0.717) is 22.9 Å². The number of methoxy groups -OCH3 is 1. The number of ether oxygens (including phenoxy) is 1. The predicted octanol–water partition coefficient (Wildman–Crippen LogP) is 4.60. The number of rotatable bonds is 11. The minimum absolute atomic E-state index is 0.0551. The molecule has 1 aliphatic heterocycles. The van der Waals surface area contributed by atoms with E-state index < -0.39 is 10.0 Å². The third-order valence-corrected chi connectivity index (χ3v) is 9.98. The second-order valence-corrected chi connectivity index (χ2v) is 13.2. The third-order valence-electron chi connectivity index (χ3n) is 7.52. The van der Waals surface area contributed by atoms with Gasteiger partial charge in [0.25, 0.3) is 0 Å². The fourth-order valence-corrected chi connectivity index (χ4v) is 6.81. The Bertz CT molecular complexity index is 1240. The molecule has 0 aliphatic carbocycles. The zero-order valence-corrected chi connectivity index (χ0v) is 25.8. The summed E-state index contributed by atoms with van der Waals surface area (Å²) in [5.74, 6) is 0.473. The molecule has 3 rings (SSSR count). The third kappa shape index (κ3) is 7.87. The molecule has 0 aromatic heterocycles. The van der Waals surface area contributed by atoms with Crippen LogP contribution in [0.1, 0.15) is 49.8 Å². The Morgan fingerprint density at radius 3 is 2.28 bits per heavy atom. The van der Waals surface area contributed by atoms with Gasteiger partial charge in [-0.3, -0.25) is 9.69 Å². The maximum absolute atomic E-state index is 13.2. The summed E-state index contributed by atoms with van der Waals surface area (Å²) in [6, 6.07) is 10.2. The Hall–Kier alpha value is -2.33. The van der Waals surface area contributed by atoms with E-state index in [1.165, 1.54) is 16.9 Å². The molecular formula is C29H43ClN4O4S. The van der Waals surface area contributed by atoms with Gasteiger partial charge in [-0.05, 0) is 88.5 Å². The molecule has 1 aliphatic rings. The summed E-state index contributed by atoms with van der Waals surface area (Å²) in [7, 11) is 1.43. The lowest BCUT2D eigenvalue weighted by atomic mass is 10.0. The summed E-state index contributed by atoms with van der Waals surface area (Å²) in [5, 5.41) is 3.84. The highest BCUT2D eigenvalue weighted by molar-refractivity contribution is 7.89. The molecule has 0 bridgehead atoms. The molecule has 0 unspecified atom stereocenters. The quantitative estimate of drug-likeness (QED) is 0.420. The molecule has 0 saturated carbocycles. The van der Waals surface area contributed by atoms with Crippen LogP contribution in [0.4, 0.5) is 5.69 Å². The van der Waals surface area contributed by atoms with Crippen molar-refractivity contribution in [2.24, 2.45) is 0 Å². The summed E-state index contributed by atoms with van der Waals surface area (Å²) in [4.78, 5) is 17.5. The summed E-state index contributed by atoms with van der Waals surface area (Å²) < 4.78 is 32.9. The first-order chi connectivity index (χ1) is 18.3. The number of sulfonamides is 1. The number of nitrogens with one attached hydrogen (secondary N) is 1. The van der Waals surface area contributed by atoms with Crippen molar-refractivity contribution in [2.45, 2.75) is 70.5 Å². The normalized spacial score (nSPS) is 14.9. The number of halogens is 1. The van der Waals surface area contributed by atoms with Crippen LogP contribution >= 0.6 is 11.6 Å². The first-order valence-electron chi connectivity index (χ1n) is 13.5. The zero-order chi connectivity index (χ0) is 28.9. The minimum atomic E-state index is -3.73. The molecule has 39 heavy (non-hydrogen) atoms. The number of benzene rings is 2. The second kappa shape index (κ2) is 13.4. The van der Waals surface area contributed by atoms with Gasteiger partial charge in [-0.2, -0.15) is 0 Å². The maximum Gasteiger partial charge on any atom is 0.243 e. The molecular weight excluding hydrogens is 536 g/mol. The van der Waals surface area contributed by atoms with E-state index in [1.807, 2.05) is 6.07 Å². The molecule has 1 fully saturated rings. The van der Waals surface area contributed by atoms with E-state index in [0.717, 1.165) is 43.2 Å². The van der Waals surface area contributed by atoms with Gasteiger partial charge >= 0.3 is 0 Å². The van der Waals surface area contributed by atoms with Crippen LogP contribution in [0.25, 0.3) is 0 Å². The van der Waals surface area contributed by atoms with Crippen molar-refractivity contribution in [3.8, 4) is 5.75 Å². The largest absolute Gasteiger partial charge is 0.497 e. The maximum atomic E-state index is 13.2. The van der Waals surface area contributed by atoms with Gasteiger partial charge in [0.2, 0.25) is 15.9 Å². The molecule has 216 valence electrons. The van der Waals surface area contributed by atoms with E-state index >= 15 is 0 Å². The fraction of sp³-hybridized carbons (Fsp3) is 0.552. The highest BCUT2D eigenvalue weighted by Gasteiger charge is 2.27. The summed E-state index contributed by atoms with van der Waals surface area (Å²) in [5.41, 5.74) is 3.44. The highest BCUT2D eigenvalue weighted by Crippen LogP contribution is 2.30. The number of carbonyl (C=O) groups is 1. The molecule has 1 heterocycles. The number of hydrogen-bond acceptors (Lipinski definition) is 6. The van der Waals surface area contributed by atoms with Crippen LogP contribution < -0.4 is 15.0 Å². The van der Waals surface area contributed by atoms with E-state index in [2.05, 4.69) is 48.1 Å². The number of amides is 1. The van der Waals surface area contributed by atoms with Gasteiger partial charge in [0, 0.05) is 51.7 Å². The highest BCUT2D eigenvalue weighted by atomic mass is 35.5. The number of nitrogens with zero attached hydrogens (tertiary/aromatic N) is 3. The van der Waals surface area contributed by atoms with Crippen LogP contribution in [0, 0.1) is 13.8 Å². The molecule has 0 atom stereocenters. The molecule has 0 spiro atoms. The van der Waals surface area contributed by atoms with Crippen LogP contribution in [-0.2, 0) is 21.4 Å². The van der Waals surface area contributed by atoms with Gasteiger partial charge in [0.15, 0.2) is 0 Å². The number of aryl methyl sites for hydroxylation is 2. The molecule has 1 N–H and O–H groups in total. The molecule has 1 saturated heterocycles. The SMILES string of the molecule is COc1cc(C)c(S(=O)(=O)N(C)CCC(=O)NC2CCN(c3ccc(CN(C)C(C)C)cc3Cl)CC2)c(C)c1. The Labute approximate surface area is 239 Å². The standard InChI is InChI=1S/C29H43ClN4O4S/c1-20(2)32(5)19-23-8-9-27(26(30)18-23)34-14-10-24(11-15-34)31-28(35)12-13-33(6)39(36,37)29-21(3)16-25(38-7)17-22(29)4/h8-9,16-18,20,24H,10-15,19H2,1-7H3,(H,31,35). The van der Waals surface area contributed by atoms with Gasteiger partial charge in [0.05, 0.1) is 22.7 Å². The van der Waals surface area contributed by atoms with Gasteiger partial charge in [-0.1, -0.05) is 17.7 Å². The predicted molar refractivity (Wildman–Crippen MR) is 158 cm³/mol. The molecule has 2 aromatic carbocycles. The smallest absolute Gasteiger partial charge is 0.243 e. The number of anilines is 1. The summed E-state index contributed by atoms with van der Waals surface area (Å²) >= 11 is 6.64. The van der Waals surface area contributed by atoms with Crippen LogP contribution in [-0.4, -0.2) is 76.5 Å². The molecule has 1 amide bonds. The zero-order valence-electron chi connectivity index (χ0n) is 24.3. The van der Waals surface area contributed by atoms with Crippen molar-refractivity contribution in [1.29, 1.82) is 0 Å². The first-order valence-corrected chi connectivity index (χ1v) is 15.3. The number of hydrogen-bond donors (Lipinski definition) is 1. The number of carbonyl (C=O) groups excluding carboxylic acids is 1. The Kier molecular flexibility index (Phi) is 10.7. The van der Waals surface area contributed by atoms with Gasteiger partial charge in [0.1, 0.15) is 5.75 Å².